The molecule has 0 unspecified atom stereocenters. The molecule has 148 valence electrons. The molecule has 0 aliphatic rings. The lowest BCUT2D eigenvalue weighted by Crippen LogP contribution is -2.23. The Hall–Kier alpha value is -2.22. The number of halogens is 1. The Kier molecular flexibility index (Phi) is 6.49. The van der Waals surface area contributed by atoms with Gasteiger partial charge < -0.3 is 4.57 Å². The summed E-state index contributed by atoms with van der Waals surface area (Å²) in [6.07, 6.45) is 3.56. The summed E-state index contributed by atoms with van der Waals surface area (Å²) in [7, 11) is 2.05. The molecule has 3 aromatic rings. The van der Waals surface area contributed by atoms with E-state index in [2.05, 4.69) is 30.5 Å². The van der Waals surface area contributed by atoms with Crippen molar-refractivity contribution in [3.8, 4) is 0 Å². The number of benzene rings is 1. The lowest BCUT2D eigenvalue weighted by Gasteiger charge is -2.17. The number of rotatable bonds is 8. The predicted octanol–water partition coefficient (Wildman–Crippen LogP) is 4.20. The number of aryl methyl sites for hydroxylation is 1. The highest BCUT2D eigenvalue weighted by Gasteiger charge is 2.15. The Morgan fingerprint density at radius 1 is 1.25 bits per heavy atom. The molecule has 0 saturated carbocycles. The van der Waals surface area contributed by atoms with Crippen molar-refractivity contribution in [3.05, 3.63) is 75.6 Å². The summed E-state index contributed by atoms with van der Waals surface area (Å²) in [5.74, 6) is 0. The highest BCUT2D eigenvalue weighted by molar-refractivity contribution is 7.71. The molecule has 0 bridgehead atoms. The minimum absolute atomic E-state index is 0.609. The molecule has 1 aromatic carbocycles. The SMILES string of the molecule is C=CCn1cnn(CN(C)Cc2c(C)nn(Cc3ccccc3Cl)c2C)c1=S. The van der Waals surface area contributed by atoms with E-state index in [0.29, 0.717) is 24.5 Å². The van der Waals surface area contributed by atoms with Crippen molar-refractivity contribution in [1.82, 2.24) is 29.0 Å². The van der Waals surface area contributed by atoms with Gasteiger partial charge in [0.05, 0.1) is 18.9 Å². The zero-order chi connectivity index (χ0) is 20.3. The van der Waals surface area contributed by atoms with Crippen molar-refractivity contribution in [2.45, 2.75) is 40.2 Å². The molecule has 3 rings (SSSR count). The Labute approximate surface area is 175 Å². The van der Waals surface area contributed by atoms with Crippen LogP contribution in [0.2, 0.25) is 5.02 Å². The third kappa shape index (κ3) is 4.43. The Morgan fingerprint density at radius 3 is 2.71 bits per heavy atom. The first-order chi connectivity index (χ1) is 13.4. The fourth-order valence-electron chi connectivity index (χ4n) is 3.19. The van der Waals surface area contributed by atoms with Crippen LogP contribution in [0.4, 0.5) is 0 Å². The minimum Gasteiger partial charge on any atom is -0.303 e. The van der Waals surface area contributed by atoms with E-state index in [4.69, 9.17) is 28.9 Å². The highest BCUT2D eigenvalue weighted by Crippen LogP contribution is 2.20. The van der Waals surface area contributed by atoms with Gasteiger partial charge >= 0.3 is 0 Å². The van der Waals surface area contributed by atoms with Gasteiger partial charge in [-0.05, 0) is 44.7 Å². The number of allylic oxidation sites excluding steroid dienone is 1. The molecular formula is C20H25ClN6S. The third-order valence-electron chi connectivity index (χ3n) is 4.74. The van der Waals surface area contributed by atoms with Crippen LogP contribution in [-0.4, -0.2) is 36.1 Å². The molecule has 0 atom stereocenters. The van der Waals surface area contributed by atoms with E-state index in [9.17, 15) is 0 Å². The maximum absolute atomic E-state index is 6.31. The molecule has 0 aliphatic heterocycles. The molecule has 0 aliphatic carbocycles. The fraction of sp³-hybridized carbons (Fsp3) is 0.350. The molecule has 0 radical (unpaired) electrons. The van der Waals surface area contributed by atoms with Crippen LogP contribution < -0.4 is 0 Å². The van der Waals surface area contributed by atoms with Crippen LogP contribution in [0.1, 0.15) is 22.5 Å². The molecule has 2 aromatic heterocycles. The van der Waals surface area contributed by atoms with Gasteiger partial charge in [-0.1, -0.05) is 35.9 Å². The molecular weight excluding hydrogens is 392 g/mol. The first kappa shape index (κ1) is 20.5. The fourth-order valence-corrected chi connectivity index (χ4v) is 3.61. The van der Waals surface area contributed by atoms with E-state index in [1.807, 2.05) is 51.2 Å². The molecule has 0 spiro atoms. The summed E-state index contributed by atoms with van der Waals surface area (Å²) < 4.78 is 6.42. The van der Waals surface area contributed by atoms with Crippen molar-refractivity contribution >= 4 is 23.8 Å². The Balaban J connectivity index is 1.74. The van der Waals surface area contributed by atoms with Crippen molar-refractivity contribution < 1.29 is 0 Å². The van der Waals surface area contributed by atoms with Gasteiger partial charge in [-0.2, -0.15) is 10.2 Å². The number of hydrogen-bond acceptors (Lipinski definition) is 4. The normalized spacial score (nSPS) is 11.3. The van der Waals surface area contributed by atoms with Crippen molar-refractivity contribution in [3.63, 3.8) is 0 Å². The predicted molar refractivity (Wildman–Crippen MR) is 115 cm³/mol. The molecule has 0 saturated heterocycles. The maximum atomic E-state index is 6.31. The van der Waals surface area contributed by atoms with Crippen LogP contribution in [0.5, 0.6) is 0 Å². The van der Waals surface area contributed by atoms with Gasteiger partial charge in [-0.25, -0.2) is 4.68 Å². The molecule has 0 amide bonds. The van der Waals surface area contributed by atoms with Gasteiger partial charge in [-0.15, -0.1) is 6.58 Å². The second-order valence-corrected chi connectivity index (χ2v) is 7.68. The quantitative estimate of drug-likeness (QED) is 0.407. The van der Waals surface area contributed by atoms with Crippen LogP contribution in [0.25, 0.3) is 0 Å². The Morgan fingerprint density at radius 2 is 2.00 bits per heavy atom. The number of aromatic nitrogens is 5. The topological polar surface area (TPSA) is 43.8 Å². The zero-order valence-corrected chi connectivity index (χ0v) is 18.0. The van der Waals surface area contributed by atoms with E-state index in [0.717, 1.165) is 28.5 Å². The van der Waals surface area contributed by atoms with Crippen LogP contribution in [-0.2, 0) is 26.3 Å². The molecule has 8 heteroatoms. The highest BCUT2D eigenvalue weighted by atomic mass is 35.5. The summed E-state index contributed by atoms with van der Waals surface area (Å²) in [6.45, 7) is 10.6. The maximum Gasteiger partial charge on any atom is 0.199 e. The average molecular weight is 417 g/mol. The molecule has 2 heterocycles. The van der Waals surface area contributed by atoms with Gasteiger partial charge in [0.25, 0.3) is 0 Å². The summed E-state index contributed by atoms with van der Waals surface area (Å²) in [5, 5.41) is 9.87. The minimum atomic E-state index is 0.609. The number of hydrogen-bond donors (Lipinski definition) is 0. The summed E-state index contributed by atoms with van der Waals surface area (Å²) >= 11 is 11.8. The monoisotopic (exact) mass is 416 g/mol. The van der Waals surface area contributed by atoms with Gasteiger partial charge in [0.15, 0.2) is 4.77 Å². The van der Waals surface area contributed by atoms with Crippen LogP contribution in [0.15, 0.2) is 43.2 Å². The van der Waals surface area contributed by atoms with Gasteiger partial charge in [0, 0.05) is 29.4 Å². The van der Waals surface area contributed by atoms with Crippen molar-refractivity contribution in [1.29, 1.82) is 0 Å². The lowest BCUT2D eigenvalue weighted by atomic mass is 10.2. The second kappa shape index (κ2) is 8.86. The van der Waals surface area contributed by atoms with E-state index in [1.165, 1.54) is 5.56 Å². The average Bonchev–Trinajstić information content (AvgIpc) is 3.12. The lowest BCUT2D eigenvalue weighted by molar-refractivity contribution is 0.243. The zero-order valence-electron chi connectivity index (χ0n) is 16.5. The summed E-state index contributed by atoms with van der Waals surface area (Å²) in [4.78, 5) is 2.18. The molecule has 0 N–H and O–H groups in total. The first-order valence-corrected chi connectivity index (χ1v) is 9.87. The molecule has 6 nitrogen and oxygen atoms in total. The van der Waals surface area contributed by atoms with Crippen molar-refractivity contribution in [2.24, 2.45) is 0 Å². The third-order valence-corrected chi connectivity index (χ3v) is 5.55. The smallest absolute Gasteiger partial charge is 0.199 e. The first-order valence-electron chi connectivity index (χ1n) is 9.08. The molecule has 28 heavy (non-hydrogen) atoms. The molecule has 0 fully saturated rings. The van der Waals surface area contributed by atoms with Gasteiger partial charge in [0.2, 0.25) is 0 Å². The van der Waals surface area contributed by atoms with E-state index in [-0.39, 0.29) is 0 Å². The second-order valence-electron chi connectivity index (χ2n) is 6.91. The largest absolute Gasteiger partial charge is 0.303 e. The summed E-state index contributed by atoms with van der Waals surface area (Å²) in [6, 6.07) is 7.88. The van der Waals surface area contributed by atoms with Crippen LogP contribution in [0, 0.1) is 18.6 Å². The standard InChI is InChI=1S/C20H25ClN6S/c1-5-10-25-13-22-27(20(25)28)14-24(4)12-18-15(2)23-26(16(18)3)11-17-8-6-7-9-19(17)21/h5-9,13H,1,10-12,14H2,2-4H3. The van der Waals surface area contributed by atoms with Crippen molar-refractivity contribution in [2.75, 3.05) is 7.05 Å². The van der Waals surface area contributed by atoms with Gasteiger partial charge in [-0.3, -0.25) is 9.58 Å². The Bertz CT molecular complexity index is 1030. The summed E-state index contributed by atoms with van der Waals surface area (Å²) in [5.41, 5.74) is 4.45. The van der Waals surface area contributed by atoms with E-state index < -0.39 is 0 Å². The number of nitrogens with zero attached hydrogens (tertiary/aromatic N) is 6. The van der Waals surface area contributed by atoms with E-state index in [1.54, 1.807) is 6.33 Å². The van der Waals surface area contributed by atoms with Crippen LogP contribution in [0.3, 0.4) is 0 Å². The van der Waals surface area contributed by atoms with Crippen LogP contribution >= 0.6 is 23.8 Å². The van der Waals surface area contributed by atoms with E-state index >= 15 is 0 Å². The van der Waals surface area contributed by atoms with Gasteiger partial charge in [0.1, 0.15) is 6.33 Å².